The Labute approximate surface area is 121 Å². The number of nitrogens with one attached hydrogen (secondary N) is 1. The lowest BCUT2D eigenvalue weighted by molar-refractivity contribution is -0.117. The lowest BCUT2D eigenvalue weighted by Crippen LogP contribution is -2.30. The third-order valence-corrected chi connectivity index (χ3v) is 4.08. The van der Waals surface area contributed by atoms with Gasteiger partial charge in [-0.1, -0.05) is 0 Å². The van der Waals surface area contributed by atoms with Gasteiger partial charge in [-0.3, -0.25) is 15.0 Å². The normalized spacial score (nSPS) is 18.9. The Bertz CT molecular complexity index is 660. The molecule has 7 nitrogen and oxygen atoms in total. The summed E-state index contributed by atoms with van der Waals surface area (Å²) in [7, 11) is -4.60. The van der Waals surface area contributed by atoms with Crippen molar-refractivity contribution < 1.29 is 21.9 Å². The van der Waals surface area contributed by atoms with E-state index in [0.717, 1.165) is 0 Å². The number of nitrogen functional groups attached to an aromatic ring is 1. The fourth-order valence-electron chi connectivity index (χ4n) is 2.30. The molecule has 1 aliphatic heterocycles. The van der Waals surface area contributed by atoms with Crippen LogP contribution in [0.1, 0.15) is 16.8 Å². The molecule has 0 bridgehead atoms. The van der Waals surface area contributed by atoms with Gasteiger partial charge >= 0.3 is 10.2 Å². The molecule has 1 aliphatic rings. The highest BCUT2D eigenvalue weighted by molar-refractivity contribution is 7.86. The second kappa shape index (κ2) is 5.78. The van der Waals surface area contributed by atoms with Crippen LogP contribution in [0, 0.1) is 5.92 Å². The van der Waals surface area contributed by atoms with E-state index in [0.29, 0.717) is 11.3 Å². The maximum atomic E-state index is 12.7. The van der Waals surface area contributed by atoms with E-state index in [2.05, 4.69) is 0 Å². The highest BCUT2D eigenvalue weighted by Crippen LogP contribution is 2.26. The van der Waals surface area contributed by atoms with Crippen LogP contribution >= 0.6 is 0 Å². The van der Waals surface area contributed by atoms with Crippen LogP contribution in [-0.4, -0.2) is 32.5 Å². The van der Waals surface area contributed by atoms with Gasteiger partial charge in [0, 0.05) is 30.1 Å². The number of hydrogen-bond acceptors (Lipinski definition) is 5. The van der Waals surface area contributed by atoms with Crippen molar-refractivity contribution in [2.45, 2.75) is 6.42 Å². The van der Waals surface area contributed by atoms with Gasteiger partial charge in [-0.05, 0) is 24.3 Å². The summed E-state index contributed by atoms with van der Waals surface area (Å²) in [6.07, 6.45) is -0.0197. The number of carbonyl (C=O) groups excluding carboxylic acids is 2. The van der Waals surface area contributed by atoms with Crippen molar-refractivity contribution in [1.82, 2.24) is 5.43 Å². The van der Waals surface area contributed by atoms with Crippen LogP contribution in [0.2, 0.25) is 0 Å². The Morgan fingerprint density at radius 3 is 2.52 bits per heavy atom. The zero-order valence-corrected chi connectivity index (χ0v) is 11.8. The molecule has 2 rings (SSSR count). The molecule has 0 saturated carbocycles. The number of anilines is 1. The number of hydrazine groups is 1. The third-order valence-electron chi connectivity index (χ3n) is 3.21. The van der Waals surface area contributed by atoms with Crippen LogP contribution in [0.15, 0.2) is 24.3 Å². The van der Waals surface area contributed by atoms with E-state index in [1.807, 2.05) is 5.43 Å². The molecule has 0 aromatic heterocycles. The number of benzene rings is 1. The zero-order valence-electron chi connectivity index (χ0n) is 11.0. The van der Waals surface area contributed by atoms with Crippen LogP contribution in [-0.2, 0) is 15.0 Å². The summed E-state index contributed by atoms with van der Waals surface area (Å²) in [5.74, 6) is 3.03. The van der Waals surface area contributed by atoms with Crippen LogP contribution in [0.4, 0.5) is 9.57 Å². The molecule has 114 valence electrons. The fraction of sp³-hybridized carbons (Fsp3) is 0.333. The molecular formula is C12H14FN3O4S. The molecule has 1 unspecified atom stereocenters. The van der Waals surface area contributed by atoms with Crippen molar-refractivity contribution in [3.05, 3.63) is 29.8 Å². The monoisotopic (exact) mass is 315 g/mol. The summed E-state index contributed by atoms with van der Waals surface area (Å²) in [6.45, 7) is 0.129. The van der Waals surface area contributed by atoms with E-state index in [-0.39, 0.29) is 18.9 Å². The maximum Gasteiger partial charge on any atom is 0.302 e. The topological polar surface area (TPSA) is 110 Å². The molecule has 1 aromatic carbocycles. The van der Waals surface area contributed by atoms with Crippen LogP contribution < -0.4 is 16.2 Å². The summed E-state index contributed by atoms with van der Waals surface area (Å²) in [6, 6.07) is 6.08. The van der Waals surface area contributed by atoms with Gasteiger partial charge in [0.2, 0.25) is 5.91 Å². The van der Waals surface area contributed by atoms with Gasteiger partial charge in [0.25, 0.3) is 5.91 Å². The third kappa shape index (κ3) is 3.76. The number of nitrogens with zero attached hydrogens (tertiary/aromatic N) is 1. The molecule has 3 N–H and O–H groups in total. The van der Waals surface area contributed by atoms with Crippen molar-refractivity contribution in [3.8, 4) is 0 Å². The molecule has 0 aliphatic carbocycles. The maximum absolute atomic E-state index is 12.7. The number of hydrogen-bond donors (Lipinski definition) is 2. The molecular weight excluding hydrogens is 301 g/mol. The SMILES string of the molecule is NNC(=O)c1ccc(N2CC(CS(=O)(=O)F)CC2=O)cc1. The van der Waals surface area contributed by atoms with Crippen molar-refractivity contribution in [3.63, 3.8) is 0 Å². The minimum atomic E-state index is -4.60. The van der Waals surface area contributed by atoms with Crippen LogP contribution in [0.5, 0.6) is 0 Å². The highest BCUT2D eigenvalue weighted by atomic mass is 32.3. The summed E-state index contributed by atoms with van der Waals surface area (Å²) in [4.78, 5) is 24.5. The van der Waals surface area contributed by atoms with E-state index in [9.17, 15) is 21.9 Å². The van der Waals surface area contributed by atoms with Gasteiger partial charge in [-0.25, -0.2) is 5.84 Å². The number of rotatable bonds is 4. The van der Waals surface area contributed by atoms with E-state index in [1.54, 1.807) is 12.1 Å². The first-order chi connectivity index (χ1) is 9.80. The molecule has 1 atom stereocenters. The quantitative estimate of drug-likeness (QED) is 0.350. The largest absolute Gasteiger partial charge is 0.312 e. The number of carbonyl (C=O) groups is 2. The minimum Gasteiger partial charge on any atom is -0.312 e. The molecule has 1 fully saturated rings. The van der Waals surface area contributed by atoms with Gasteiger partial charge in [-0.2, -0.15) is 8.42 Å². The molecule has 1 saturated heterocycles. The zero-order chi connectivity index (χ0) is 15.6. The average Bonchev–Trinajstić information content (AvgIpc) is 2.76. The number of halogens is 1. The van der Waals surface area contributed by atoms with Gasteiger partial charge in [0.05, 0.1) is 5.75 Å². The van der Waals surface area contributed by atoms with Crippen molar-refractivity contribution in [1.29, 1.82) is 0 Å². The predicted molar refractivity (Wildman–Crippen MR) is 73.5 cm³/mol. The Balaban J connectivity index is 2.12. The van der Waals surface area contributed by atoms with E-state index < -0.39 is 27.8 Å². The molecule has 1 heterocycles. The average molecular weight is 315 g/mol. The lowest BCUT2D eigenvalue weighted by atomic mass is 10.1. The molecule has 2 amide bonds. The van der Waals surface area contributed by atoms with Crippen LogP contribution in [0.3, 0.4) is 0 Å². The van der Waals surface area contributed by atoms with Crippen molar-refractivity contribution in [2.24, 2.45) is 11.8 Å². The molecule has 1 aromatic rings. The first-order valence-corrected chi connectivity index (χ1v) is 7.69. The summed E-state index contributed by atoms with van der Waals surface area (Å²) in [5, 5.41) is 0. The standard InChI is InChI=1S/C12H14FN3O4S/c13-21(19,20)7-8-5-11(17)16(6-8)10-3-1-9(2-4-10)12(18)15-14/h1-4,8H,5-7,14H2,(H,15,18). The van der Waals surface area contributed by atoms with Gasteiger partial charge in [-0.15, -0.1) is 3.89 Å². The van der Waals surface area contributed by atoms with Gasteiger partial charge in [0.15, 0.2) is 0 Å². The molecule has 21 heavy (non-hydrogen) atoms. The van der Waals surface area contributed by atoms with Crippen LogP contribution in [0.25, 0.3) is 0 Å². The molecule has 0 radical (unpaired) electrons. The Morgan fingerprint density at radius 2 is 2.00 bits per heavy atom. The summed E-state index contributed by atoms with van der Waals surface area (Å²) < 4.78 is 33.9. The van der Waals surface area contributed by atoms with Crippen molar-refractivity contribution >= 4 is 27.7 Å². The second-order valence-corrected chi connectivity index (χ2v) is 6.21. The summed E-state index contributed by atoms with van der Waals surface area (Å²) >= 11 is 0. The first-order valence-electron chi connectivity index (χ1n) is 6.14. The Hall–Kier alpha value is -2.00. The van der Waals surface area contributed by atoms with Gasteiger partial charge < -0.3 is 4.90 Å². The predicted octanol–water partition coefficient (Wildman–Crippen LogP) is -0.0577. The molecule has 9 heteroatoms. The number of amides is 2. The highest BCUT2D eigenvalue weighted by Gasteiger charge is 2.33. The second-order valence-electron chi connectivity index (χ2n) is 4.80. The summed E-state index contributed by atoms with van der Waals surface area (Å²) in [5.41, 5.74) is 2.83. The minimum absolute atomic E-state index is 0.0197. The van der Waals surface area contributed by atoms with Gasteiger partial charge in [0.1, 0.15) is 0 Å². The molecule has 0 spiro atoms. The Kier molecular flexibility index (Phi) is 4.24. The van der Waals surface area contributed by atoms with E-state index >= 15 is 0 Å². The number of nitrogens with two attached hydrogens (primary N) is 1. The smallest absolute Gasteiger partial charge is 0.302 e. The van der Waals surface area contributed by atoms with E-state index in [4.69, 9.17) is 5.84 Å². The lowest BCUT2D eigenvalue weighted by Gasteiger charge is -2.16. The first kappa shape index (κ1) is 15.4. The fourth-order valence-corrected chi connectivity index (χ4v) is 3.09. The van der Waals surface area contributed by atoms with Crippen molar-refractivity contribution in [2.75, 3.05) is 17.2 Å². The Morgan fingerprint density at radius 1 is 1.38 bits per heavy atom. The van der Waals surface area contributed by atoms with E-state index in [1.165, 1.54) is 17.0 Å².